The summed E-state index contributed by atoms with van der Waals surface area (Å²) in [5.74, 6) is 0.326. The average molecular weight is 339 g/mol. The smallest absolute Gasteiger partial charge is 0.138 e. The molecule has 0 amide bonds. The van der Waals surface area contributed by atoms with Gasteiger partial charge in [-0.1, -0.05) is 15.9 Å². The quantitative estimate of drug-likeness (QED) is 0.908. The van der Waals surface area contributed by atoms with Crippen molar-refractivity contribution in [1.82, 2.24) is 4.98 Å². The second kappa shape index (κ2) is 6.81. The van der Waals surface area contributed by atoms with E-state index in [0.717, 1.165) is 16.6 Å². The largest absolute Gasteiger partial charge is 0.487 e. The zero-order chi connectivity index (χ0) is 14.5. The third-order valence-corrected chi connectivity index (χ3v) is 3.22. The van der Waals surface area contributed by atoms with Gasteiger partial charge in [0.25, 0.3) is 0 Å². The van der Waals surface area contributed by atoms with Gasteiger partial charge in [0.15, 0.2) is 0 Å². The minimum atomic E-state index is -0.283. The van der Waals surface area contributed by atoms with Crippen molar-refractivity contribution in [1.29, 1.82) is 0 Å². The Labute approximate surface area is 126 Å². The van der Waals surface area contributed by atoms with Crippen LogP contribution < -0.4 is 10.5 Å². The molecule has 20 heavy (non-hydrogen) atoms. The van der Waals surface area contributed by atoms with Crippen LogP contribution in [0.15, 0.2) is 41.0 Å². The fraction of sp³-hybridized carbons (Fsp3) is 0.267. The van der Waals surface area contributed by atoms with E-state index in [1.807, 2.05) is 19.1 Å². The van der Waals surface area contributed by atoms with Crippen LogP contribution in [-0.2, 0) is 13.0 Å². The van der Waals surface area contributed by atoms with Gasteiger partial charge in [-0.15, -0.1) is 0 Å². The summed E-state index contributed by atoms with van der Waals surface area (Å²) in [5, 5.41) is 0. The van der Waals surface area contributed by atoms with E-state index in [-0.39, 0.29) is 18.5 Å². The van der Waals surface area contributed by atoms with Crippen molar-refractivity contribution in [3.8, 4) is 5.75 Å². The van der Waals surface area contributed by atoms with Gasteiger partial charge < -0.3 is 10.5 Å². The first-order chi connectivity index (χ1) is 9.54. The Balaban J connectivity index is 1.98. The van der Waals surface area contributed by atoms with Crippen LogP contribution in [0.2, 0.25) is 0 Å². The minimum Gasteiger partial charge on any atom is -0.487 e. The van der Waals surface area contributed by atoms with Crippen LogP contribution >= 0.6 is 15.9 Å². The van der Waals surface area contributed by atoms with Gasteiger partial charge in [0.05, 0.1) is 6.20 Å². The van der Waals surface area contributed by atoms with Gasteiger partial charge in [0, 0.05) is 28.2 Å². The zero-order valence-corrected chi connectivity index (χ0v) is 12.7. The number of benzene rings is 1. The minimum absolute atomic E-state index is 0.0741. The number of hydrogen-bond acceptors (Lipinski definition) is 3. The van der Waals surface area contributed by atoms with E-state index in [1.54, 1.807) is 18.3 Å². The summed E-state index contributed by atoms with van der Waals surface area (Å²) in [6.45, 7) is 2.10. The molecule has 0 radical (unpaired) electrons. The molecule has 0 fully saturated rings. The van der Waals surface area contributed by atoms with Crippen molar-refractivity contribution in [2.45, 2.75) is 26.0 Å². The van der Waals surface area contributed by atoms with E-state index < -0.39 is 0 Å². The molecule has 0 aliphatic rings. The summed E-state index contributed by atoms with van der Waals surface area (Å²) in [4.78, 5) is 4.26. The third-order valence-electron chi connectivity index (χ3n) is 2.73. The molecule has 0 saturated carbocycles. The molecular weight excluding hydrogens is 323 g/mol. The number of nitrogens with zero attached hydrogens (tertiary/aromatic N) is 1. The SMILES string of the molecule is CC(N)Cc1ccc(OCc2cc(Br)ccc2F)cn1. The van der Waals surface area contributed by atoms with Gasteiger partial charge in [0.2, 0.25) is 0 Å². The van der Waals surface area contributed by atoms with Crippen LogP contribution in [-0.4, -0.2) is 11.0 Å². The summed E-state index contributed by atoms with van der Waals surface area (Å²) in [6.07, 6.45) is 2.36. The highest BCUT2D eigenvalue weighted by Crippen LogP contribution is 2.18. The van der Waals surface area contributed by atoms with Crippen LogP contribution in [0.1, 0.15) is 18.2 Å². The van der Waals surface area contributed by atoms with E-state index in [4.69, 9.17) is 10.5 Å². The molecular formula is C15H16BrFN2O. The Hall–Kier alpha value is -1.46. The monoisotopic (exact) mass is 338 g/mol. The maximum Gasteiger partial charge on any atom is 0.138 e. The third kappa shape index (κ3) is 4.28. The average Bonchev–Trinajstić information content (AvgIpc) is 2.41. The van der Waals surface area contributed by atoms with Crippen molar-refractivity contribution in [2.75, 3.05) is 0 Å². The predicted octanol–water partition coefficient (Wildman–Crippen LogP) is 3.45. The lowest BCUT2D eigenvalue weighted by atomic mass is 10.2. The molecule has 1 atom stereocenters. The molecule has 5 heteroatoms. The van der Waals surface area contributed by atoms with Crippen LogP contribution in [0.25, 0.3) is 0 Å². The first-order valence-electron chi connectivity index (χ1n) is 6.32. The summed E-state index contributed by atoms with van der Waals surface area (Å²) in [6, 6.07) is 8.53. The Morgan fingerprint density at radius 3 is 2.80 bits per heavy atom. The Morgan fingerprint density at radius 1 is 1.35 bits per heavy atom. The first-order valence-corrected chi connectivity index (χ1v) is 7.11. The van der Waals surface area contributed by atoms with Gasteiger partial charge in [-0.25, -0.2) is 4.39 Å². The normalized spacial score (nSPS) is 12.2. The number of halogens is 2. The van der Waals surface area contributed by atoms with Gasteiger partial charge in [-0.3, -0.25) is 4.98 Å². The molecule has 106 valence electrons. The highest BCUT2D eigenvalue weighted by molar-refractivity contribution is 9.10. The van der Waals surface area contributed by atoms with E-state index in [0.29, 0.717) is 11.3 Å². The maximum absolute atomic E-state index is 13.5. The predicted molar refractivity (Wildman–Crippen MR) is 80.0 cm³/mol. The lowest BCUT2D eigenvalue weighted by Gasteiger charge is -2.09. The fourth-order valence-corrected chi connectivity index (χ4v) is 2.17. The molecule has 0 saturated heterocycles. The Kier molecular flexibility index (Phi) is 5.09. The summed E-state index contributed by atoms with van der Waals surface area (Å²) >= 11 is 3.31. The van der Waals surface area contributed by atoms with E-state index in [2.05, 4.69) is 20.9 Å². The number of aromatic nitrogens is 1. The molecule has 1 heterocycles. The highest BCUT2D eigenvalue weighted by Gasteiger charge is 2.05. The second-order valence-corrected chi connectivity index (χ2v) is 5.61. The fourth-order valence-electron chi connectivity index (χ4n) is 1.76. The molecule has 2 N–H and O–H groups in total. The zero-order valence-electron chi connectivity index (χ0n) is 11.1. The number of pyridine rings is 1. The topological polar surface area (TPSA) is 48.1 Å². The van der Waals surface area contributed by atoms with Gasteiger partial charge in [-0.05, 0) is 37.3 Å². The molecule has 1 unspecified atom stereocenters. The molecule has 0 aliphatic carbocycles. The van der Waals surface area contributed by atoms with E-state index in [9.17, 15) is 4.39 Å². The van der Waals surface area contributed by atoms with Gasteiger partial charge >= 0.3 is 0 Å². The summed E-state index contributed by atoms with van der Waals surface area (Å²) < 4.78 is 19.9. The summed E-state index contributed by atoms with van der Waals surface area (Å²) in [5.41, 5.74) is 7.13. The first kappa shape index (κ1) is 14.9. The molecule has 2 rings (SSSR count). The lowest BCUT2D eigenvalue weighted by Crippen LogP contribution is -2.18. The second-order valence-electron chi connectivity index (χ2n) is 4.69. The number of rotatable bonds is 5. The number of ether oxygens (including phenoxy) is 1. The Morgan fingerprint density at radius 2 is 2.15 bits per heavy atom. The molecule has 2 aromatic rings. The lowest BCUT2D eigenvalue weighted by molar-refractivity contribution is 0.298. The molecule has 0 spiro atoms. The molecule has 1 aromatic carbocycles. The van der Waals surface area contributed by atoms with Gasteiger partial charge in [-0.2, -0.15) is 0 Å². The number of hydrogen-bond donors (Lipinski definition) is 1. The van der Waals surface area contributed by atoms with Crippen LogP contribution in [0.3, 0.4) is 0 Å². The van der Waals surface area contributed by atoms with Crippen molar-refractivity contribution in [3.63, 3.8) is 0 Å². The van der Waals surface area contributed by atoms with Crippen molar-refractivity contribution >= 4 is 15.9 Å². The van der Waals surface area contributed by atoms with Crippen LogP contribution in [0.4, 0.5) is 4.39 Å². The van der Waals surface area contributed by atoms with Crippen molar-refractivity contribution in [2.24, 2.45) is 5.73 Å². The van der Waals surface area contributed by atoms with E-state index >= 15 is 0 Å². The van der Waals surface area contributed by atoms with Crippen LogP contribution in [0.5, 0.6) is 5.75 Å². The van der Waals surface area contributed by atoms with Gasteiger partial charge in [0.1, 0.15) is 18.2 Å². The molecule has 1 aromatic heterocycles. The Bertz CT molecular complexity index is 573. The maximum atomic E-state index is 13.5. The molecule has 3 nitrogen and oxygen atoms in total. The molecule has 0 bridgehead atoms. The highest BCUT2D eigenvalue weighted by atomic mass is 79.9. The van der Waals surface area contributed by atoms with E-state index in [1.165, 1.54) is 6.07 Å². The number of nitrogens with two attached hydrogens (primary N) is 1. The molecule has 0 aliphatic heterocycles. The van der Waals surface area contributed by atoms with Crippen molar-refractivity contribution in [3.05, 3.63) is 58.1 Å². The van der Waals surface area contributed by atoms with Crippen molar-refractivity contribution < 1.29 is 9.13 Å². The standard InChI is InChI=1S/C15H16BrFN2O/c1-10(18)6-13-3-4-14(8-19-13)20-9-11-7-12(16)2-5-15(11)17/h2-5,7-8,10H,6,9,18H2,1H3. The summed E-state index contributed by atoms with van der Waals surface area (Å²) in [7, 11) is 0. The van der Waals surface area contributed by atoms with Crippen LogP contribution in [0, 0.1) is 5.82 Å².